The number of amides is 1. The molecule has 0 atom stereocenters. The van der Waals surface area contributed by atoms with Gasteiger partial charge in [-0.3, -0.25) is 4.79 Å². The van der Waals surface area contributed by atoms with Gasteiger partial charge in [0.05, 0.1) is 25.0 Å². The highest BCUT2D eigenvalue weighted by atomic mass is 16.5. The first-order chi connectivity index (χ1) is 12.0. The lowest BCUT2D eigenvalue weighted by Crippen LogP contribution is -2.24. The predicted molar refractivity (Wildman–Crippen MR) is 92.3 cm³/mol. The zero-order chi connectivity index (χ0) is 18.0. The van der Waals surface area contributed by atoms with Crippen LogP contribution in [-0.2, 0) is 13.6 Å². The minimum absolute atomic E-state index is 0.256. The van der Waals surface area contributed by atoms with Crippen molar-refractivity contribution in [1.29, 1.82) is 0 Å². The number of hydrogen-bond donors (Lipinski definition) is 1. The van der Waals surface area contributed by atoms with Crippen LogP contribution in [0.4, 0.5) is 0 Å². The molecule has 0 saturated heterocycles. The fourth-order valence-electron chi connectivity index (χ4n) is 2.61. The van der Waals surface area contributed by atoms with E-state index in [1.807, 2.05) is 31.2 Å². The maximum Gasteiger partial charge on any atom is 0.259 e. The Bertz CT molecular complexity index is 894. The normalized spacial score (nSPS) is 10.7. The molecule has 3 rings (SSSR count). The fourth-order valence-corrected chi connectivity index (χ4v) is 2.61. The Balaban J connectivity index is 1.70. The van der Waals surface area contributed by atoms with Crippen molar-refractivity contribution < 1.29 is 13.9 Å². The van der Waals surface area contributed by atoms with Crippen LogP contribution in [0.2, 0.25) is 0 Å². The molecule has 0 bridgehead atoms. The number of methoxy groups -OCH3 is 1. The van der Waals surface area contributed by atoms with Crippen LogP contribution in [0.1, 0.15) is 27.3 Å². The first-order valence-corrected chi connectivity index (χ1v) is 7.87. The molecule has 1 N–H and O–H groups in total. The van der Waals surface area contributed by atoms with Gasteiger partial charge in [0.15, 0.2) is 0 Å². The number of carbonyl (C=O) groups is 1. The van der Waals surface area contributed by atoms with Crippen molar-refractivity contribution in [3.63, 3.8) is 0 Å². The number of aromatic nitrogens is 3. The monoisotopic (exact) mass is 340 g/mol. The van der Waals surface area contributed by atoms with Crippen molar-refractivity contribution in [2.24, 2.45) is 7.05 Å². The molecule has 2 heterocycles. The van der Waals surface area contributed by atoms with Gasteiger partial charge < -0.3 is 14.5 Å². The molecule has 7 heteroatoms. The number of benzene rings is 1. The van der Waals surface area contributed by atoms with Crippen LogP contribution in [0.15, 0.2) is 34.9 Å². The standard InChI is InChI=1S/C18H20N4O3/c1-11-5-7-13(8-6-11)17-20-14(10-25-17)9-19-16(23)15-12(2)21-22(3)18(15)24-4/h5-8,10H,9H2,1-4H3,(H,19,23). The quantitative estimate of drug-likeness (QED) is 0.772. The Morgan fingerprint density at radius 3 is 2.68 bits per heavy atom. The van der Waals surface area contributed by atoms with Crippen LogP contribution in [0.5, 0.6) is 5.88 Å². The molecule has 0 saturated carbocycles. The molecule has 130 valence electrons. The number of ether oxygens (including phenoxy) is 1. The summed E-state index contributed by atoms with van der Waals surface area (Å²) in [5, 5.41) is 7.03. The minimum Gasteiger partial charge on any atom is -0.481 e. The van der Waals surface area contributed by atoms with Crippen molar-refractivity contribution in [2.75, 3.05) is 7.11 Å². The highest BCUT2D eigenvalue weighted by Gasteiger charge is 2.21. The number of rotatable bonds is 5. The summed E-state index contributed by atoms with van der Waals surface area (Å²) in [6.07, 6.45) is 1.54. The average Bonchev–Trinajstić information content (AvgIpc) is 3.17. The number of hydrogen-bond acceptors (Lipinski definition) is 5. The Labute approximate surface area is 145 Å². The molecule has 0 fully saturated rings. The van der Waals surface area contributed by atoms with Gasteiger partial charge in [-0.2, -0.15) is 5.10 Å². The zero-order valence-corrected chi connectivity index (χ0v) is 14.7. The van der Waals surface area contributed by atoms with Gasteiger partial charge in [0.1, 0.15) is 11.8 Å². The maximum atomic E-state index is 12.4. The Morgan fingerprint density at radius 2 is 2.00 bits per heavy atom. The summed E-state index contributed by atoms with van der Waals surface area (Å²) in [5.41, 5.74) is 3.74. The molecule has 0 unspecified atom stereocenters. The van der Waals surface area contributed by atoms with E-state index in [2.05, 4.69) is 15.4 Å². The minimum atomic E-state index is -0.262. The van der Waals surface area contributed by atoms with Gasteiger partial charge in [0.25, 0.3) is 5.91 Å². The summed E-state index contributed by atoms with van der Waals surface area (Å²) in [6.45, 7) is 4.05. The summed E-state index contributed by atoms with van der Waals surface area (Å²) in [7, 11) is 3.24. The van der Waals surface area contributed by atoms with Crippen LogP contribution in [0.25, 0.3) is 11.5 Å². The third-order valence-electron chi connectivity index (χ3n) is 3.87. The van der Waals surface area contributed by atoms with E-state index in [0.717, 1.165) is 5.56 Å². The average molecular weight is 340 g/mol. The van der Waals surface area contributed by atoms with E-state index in [9.17, 15) is 4.79 Å². The topological polar surface area (TPSA) is 82.2 Å². The van der Waals surface area contributed by atoms with Crippen LogP contribution < -0.4 is 10.1 Å². The molecular formula is C18H20N4O3. The van der Waals surface area contributed by atoms with Gasteiger partial charge in [-0.05, 0) is 26.0 Å². The number of nitrogens with zero attached hydrogens (tertiary/aromatic N) is 3. The molecule has 3 aromatic rings. The Hall–Kier alpha value is -3.09. The molecule has 0 aliphatic carbocycles. The number of oxazole rings is 1. The Morgan fingerprint density at radius 1 is 1.28 bits per heavy atom. The van der Waals surface area contributed by atoms with Crippen LogP contribution in [-0.4, -0.2) is 27.8 Å². The second kappa shape index (κ2) is 6.80. The third kappa shape index (κ3) is 3.40. The van der Waals surface area contributed by atoms with Crippen molar-refractivity contribution >= 4 is 5.91 Å². The second-order valence-corrected chi connectivity index (χ2v) is 5.79. The molecule has 1 amide bonds. The summed E-state index contributed by atoms with van der Waals surface area (Å²) in [6, 6.07) is 7.90. The summed E-state index contributed by atoms with van der Waals surface area (Å²) in [5.74, 6) is 0.692. The van der Waals surface area contributed by atoms with E-state index in [1.165, 1.54) is 17.4 Å². The SMILES string of the molecule is COc1c(C(=O)NCc2coc(-c3ccc(C)cc3)n2)c(C)nn1C. The van der Waals surface area contributed by atoms with Gasteiger partial charge in [-0.25, -0.2) is 9.67 Å². The van der Waals surface area contributed by atoms with Crippen LogP contribution in [0.3, 0.4) is 0 Å². The first kappa shape index (κ1) is 16.8. The second-order valence-electron chi connectivity index (χ2n) is 5.79. The number of aryl methyl sites for hydroxylation is 3. The zero-order valence-electron chi connectivity index (χ0n) is 14.7. The van der Waals surface area contributed by atoms with E-state index in [0.29, 0.717) is 28.7 Å². The first-order valence-electron chi connectivity index (χ1n) is 7.87. The van der Waals surface area contributed by atoms with Gasteiger partial charge in [0, 0.05) is 12.6 Å². The smallest absolute Gasteiger partial charge is 0.259 e. The van der Waals surface area contributed by atoms with Gasteiger partial charge in [-0.1, -0.05) is 17.7 Å². The molecule has 1 aromatic carbocycles. The molecule has 0 aliphatic rings. The number of nitrogens with one attached hydrogen (secondary N) is 1. The van der Waals surface area contributed by atoms with Gasteiger partial charge >= 0.3 is 0 Å². The molecule has 0 spiro atoms. The highest BCUT2D eigenvalue weighted by molar-refractivity contribution is 5.97. The lowest BCUT2D eigenvalue weighted by Gasteiger charge is -2.05. The van der Waals surface area contributed by atoms with Crippen molar-refractivity contribution in [2.45, 2.75) is 20.4 Å². The van der Waals surface area contributed by atoms with Crippen LogP contribution in [0, 0.1) is 13.8 Å². The number of carbonyl (C=O) groups excluding carboxylic acids is 1. The lowest BCUT2D eigenvalue weighted by atomic mass is 10.1. The summed E-state index contributed by atoms with van der Waals surface area (Å²) >= 11 is 0. The molecule has 0 aliphatic heterocycles. The van der Waals surface area contributed by atoms with Gasteiger partial charge in [0.2, 0.25) is 11.8 Å². The lowest BCUT2D eigenvalue weighted by molar-refractivity contribution is 0.0946. The third-order valence-corrected chi connectivity index (χ3v) is 3.87. The van der Waals surface area contributed by atoms with Crippen molar-refractivity contribution in [3.05, 3.63) is 53.0 Å². The summed E-state index contributed by atoms with van der Waals surface area (Å²) in [4.78, 5) is 16.9. The molecule has 0 radical (unpaired) electrons. The van der Waals surface area contributed by atoms with E-state index in [4.69, 9.17) is 9.15 Å². The Kier molecular flexibility index (Phi) is 4.56. The molecule has 7 nitrogen and oxygen atoms in total. The van der Waals surface area contributed by atoms with E-state index in [-0.39, 0.29) is 12.5 Å². The van der Waals surface area contributed by atoms with Crippen molar-refractivity contribution in [3.8, 4) is 17.3 Å². The van der Waals surface area contributed by atoms with Crippen LogP contribution >= 0.6 is 0 Å². The van der Waals surface area contributed by atoms with E-state index < -0.39 is 0 Å². The van der Waals surface area contributed by atoms with E-state index >= 15 is 0 Å². The largest absolute Gasteiger partial charge is 0.481 e. The molecule has 2 aromatic heterocycles. The maximum absolute atomic E-state index is 12.4. The molecule has 25 heavy (non-hydrogen) atoms. The fraction of sp³-hybridized carbons (Fsp3) is 0.278. The van der Waals surface area contributed by atoms with Crippen molar-refractivity contribution in [1.82, 2.24) is 20.1 Å². The summed E-state index contributed by atoms with van der Waals surface area (Å²) < 4.78 is 12.3. The van der Waals surface area contributed by atoms with Gasteiger partial charge in [-0.15, -0.1) is 0 Å². The van der Waals surface area contributed by atoms with E-state index in [1.54, 1.807) is 20.2 Å². The highest BCUT2D eigenvalue weighted by Crippen LogP contribution is 2.21. The predicted octanol–water partition coefficient (Wildman–Crippen LogP) is 2.63. The molecular weight excluding hydrogens is 320 g/mol.